The molecule has 3 nitrogen and oxygen atoms in total. The Bertz CT molecular complexity index is 551. The molecule has 1 aromatic heterocycles. The van der Waals surface area contributed by atoms with Crippen LogP contribution in [-0.4, -0.2) is 19.0 Å². The van der Waals surface area contributed by atoms with Gasteiger partial charge in [-0.25, -0.2) is 0 Å². The van der Waals surface area contributed by atoms with Crippen molar-refractivity contribution in [1.29, 1.82) is 0 Å². The van der Waals surface area contributed by atoms with Crippen LogP contribution in [0, 0.1) is 5.92 Å². The lowest BCUT2D eigenvalue weighted by Crippen LogP contribution is -2.30. The van der Waals surface area contributed by atoms with Crippen LogP contribution in [0.25, 0.3) is 10.4 Å². The van der Waals surface area contributed by atoms with E-state index in [0.29, 0.717) is 6.54 Å². The topological polar surface area (TPSA) is 41.1 Å². The van der Waals surface area contributed by atoms with Gasteiger partial charge in [-0.2, -0.15) is 0 Å². The number of hydrogen-bond acceptors (Lipinski definition) is 3. The molecule has 0 aliphatic heterocycles. The number of para-hydroxylation sites is 1. The lowest BCUT2D eigenvalue weighted by atomic mass is 10.1. The molecule has 0 fully saturated rings. The summed E-state index contributed by atoms with van der Waals surface area (Å²) in [5.74, 6) is 0.00120. The van der Waals surface area contributed by atoms with Crippen LogP contribution >= 0.6 is 11.3 Å². The molecule has 1 amide bonds. The molecule has 20 heavy (non-hydrogen) atoms. The third kappa shape index (κ3) is 3.68. The molecule has 0 saturated heterocycles. The second kappa shape index (κ2) is 7.22. The Labute approximate surface area is 124 Å². The highest BCUT2D eigenvalue weighted by Gasteiger charge is 2.14. The van der Waals surface area contributed by atoms with Gasteiger partial charge < -0.3 is 10.6 Å². The Morgan fingerprint density at radius 3 is 2.75 bits per heavy atom. The minimum atomic E-state index is -0.0497. The zero-order valence-corrected chi connectivity index (χ0v) is 12.7. The third-order valence-electron chi connectivity index (χ3n) is 3.12. The van der Waals surface area contributed by atoms with E-state index in [9.17, 15) is 4.79 Å². The highest BCUT2D eigenvalue weighted by atomic mass is 32.1. The minimum absolute atomic E-state index is 0.0497. The molecular weight excluding hydrogens is 268 g/mol. The standard InChI is InChI=1S/C16H20N2OS/c1-3-17-11-12(2)16(19)18-14-8-5-4-7-13(14)15-9-6-10-20-15/h4-10,12,17H,3,11H2,1-2H3,(H,18,19). The van der Waals surface area contributed by atoms with Crippen LogP contribution in [0.4, 0.5) is 5.69 Å². The van der Waals surface area contributed by atoms with E-state index in [-0.39, 0.29) is 11.8 Å². The zero-order chi connectivity index (χ0) is 14.4. The lowest BCUT2D eigenvalue weighted by molar-refractivity contribution is -0.119. The van der Waals surface area contributed by atoms with Crippen molar-refractivity contribution in [2.24, 2.45) is 5.92 Å². The third-order valence-corrected chi connectivity index (χ3v) is 4.02. The summed E-state index contributed by atoms with van der Waals surface area (Å²) >= 11 is 1.68. The molecule has 0 aliphatic carbocycles. The summed E-state index contributed by atoms with van der Waals surface area (Å²) in [6.07, 6.45) is 0. The summed E-state index contributed by atoms with van der Waals surface area (Å²) in [5, 5.41) is 8.28. The smallest absolute Gasteiger partial charge is 0.228 e. The summed E-state index contributed by atoms with van der Waals surface area (Å²) in [5.41, 5.74) is 1.95. The van der Waals surface area contributed by atoms with Gasteiger partial charge in [0.15, 0.2) is 0 Å². The number of nitrogens with one attached hydrogen (secondary N) is 2. The molecule has 0 bridgehead atoms. The van der Waals surface area contributed by atoms with E-state index in [1.165, 1.54) is 4.88 Å². The predicted octanol–water partition coefficient (Wildman–Crippen LogP) is 3.60. The van der Waals surface area contributed by atoms with E-state index in [1.54, 1.807) is 11.3 Å². The SMILES string of the molecule is CCNCC(C)C(=O)Nc1ccccc1-c1cccs1. The van der Waals surface area contributed by atoms with E-state index in [0.717, 1.165) is 17.8 Å². The van der Waals surface area contributed by atoms with Gasteiger partial charge in [-0.15, -0.1) is 11.3 Å². The largest absolute Gasteiger partial charge is 0.325 e. The molecule has 106 valence electrons. The first-order valence-electron chi connectivity index (χ1n) is 6.87. The van der Waals surface area contributed by atoms with Crippen LogP contribution in [0.5, 0.6) is 0 Å². The first-order valence-corrected chi connectivity index (χ1v) is 7.74. The van der Waals surface area contributed by atoms with Crippen molar-refractivity contribution in [3.8, 4) is 10.4 Å². The first-order chi connectivity index (χ1) is 9.72. The van der Waals surface area contributed by atoms with Gasteiger partial charge >= 0.3 is 0 Å². The molecule has 2 aromatic rings. The fraction of sp³-hybridized carbons (Fsp3) is 0.312. The van der Waals surface area contributed by atoms with Gasteiger partial charge in [0.25, 0.3) is 0 Å². The lowest BCUT2D eigenvalue weighted by Gasteiger charge is -2.14. The molecule has 4 heteroatoms. The Kier molecular flexibility index (Phi) is 5.32. The first kappa shape index (κ1) is 14.8. The maximum Gasteiger partial charge on any atom is 0.228 e. The number of amides is 1. The number of benzene rings is 1. The number of hydrogen-bond donors (Lipinski definition) is 2. The number of anilines is 1. The van der Waals surface area contributed by atoms with Crippen LogP contribution < -0.4 is 10.6 Å². The highest BCUT2D eigenvalue weighted by molar-refractivity contribution is 7.13. The molecule has 0 aliphatic rings. The molecular formula is C16H20N2OS. The molecule has 1 unspecified atom stereocenters. The molecule has 2 rings (SSSR count). The average molecular weight is 288 g/mol. The van der Waals surface area contributed by atoms with Gasteiger partial charge in [0.2, 0.25) is 5.91 Å². The Morgan fingerprint density at radius 2 is 2.05 bits per heavy atom. The second-order valence-corrected chi connectivity index (χ2v) is 5.67. The Hall–Kier alpha value is -1.65. The van der Waals surface area contributed by atoms with Crippen molar-refractivity contribution in [3.05, 3.63) is 41.8 Å². The maximum absolute atomic E-state index is 12.2. The van der Waals surface area contributed by atoms with Gasteiger partial charge in [0.05, 0.1) is 0 Å². The summed E-state index contributed by atoms with van der Waals surface area (Å²) in [6.45, 7) is 5.55. The van der Waals surface area contributed by atoms with Gasteiger partial charge in [-0.05, 0) is 24.1 Å². The van der Waals surface area contributed by atoms with Gasteiger partial charge in [0.1, 0.15) is 0 Å². The molecule has 0 spiro atoms. The van der Waals surface area contributed by atoms with Crippen molar-refractivity contribution in [2.45, 2.75) is 13.8 Å². The van der Waals surface area contributed by atoms with Gasteiger partial charge in [-0.3, -0.25) is 4.79 Å². The molecule has 0 radical (unpaired) electrons. The van der Waals surface area contributed by atoms with E-state index < -0.39 is 0 Å². The zero-order valence-electron chi connectivity index (χ0n) is 11.8. The summed E-state index contributed by atoms with van der Waals surface area (Å²) < 4.78 is 0. The van der Waals surface area contributed by atoms with Crippen molar-refractivity contribution < 1.29 is 4.79 Å². The van der Waals surface area contributed by atoms with Crippen molar-refractivity contribution in [2.75, 3.05) is 18.4 Å². The Morgan fingerprint density at radius 1 is 1.25 bits per heavy atom. The quantitative estimate of drug-likeness (QED) is 0.852. The maximum atomic E-state index is 12.2. The Balaban J connectivity index is 2.12. The fourth-order valence-corrected chi connectivity index (χ4v) is 2.71. The van der Waals surface area contributed by atoms with Crippen LogP contribution in [0.2, 0.25) is 0 Å². The number of carbonyl (C=O) groups excluding carboxylic acids is 1. The van der Waals surface area contributed by atoms with Crippen LogP contribution in [0.15, 0.2) is 41.8 Å². The molecule has 2 N–H and O–H groups in total. The fourth-order valence-electron chi connectivity index (χ4n) is 1.95. The van der Waals surface area contributed by atoms with E-state index in [2.05, 4.69) is 16.7 Å². The summed E-state index contributed by atoms with van der Waals surface area (Å²) in [6, 6.07) is 12.0. The average Bonchev–Trinajstić information content (AvgIpc) is 2.99. The number of thiophene rings is 1. The minimum Gasteiger partial charge on any atom is -0.325 e. The number of carbonyl (C=O) groups is 1. The predicted molar refractivity (Wildman–Crippen MR) is 86.1 cm³/mol. The van der Waals surface area contributed by atoms with Gasteiger partial charge in [-0.1, -0.05) is 38.1 Å². The van der Waals surface area contributed by atoms with Crippen molar-refractivity contribution in [1.82, 2.24) is 5.32 Å². The van der Waals surface area contributed by atoms with E-state index in [4.69, 9.17) is 0 Å². The van der Waals surface area contributed by atoms with Crippen LogP contribution in [-0.2, 0) is 4.79 Å². The molecule has 1 aromatic carbocycles. The molecule has 1 atom stereocenters. The van der Waals surface area contributed by atoms with E-state index in [1.807, 2.05) is 49.6 Å². The second-order valence-electron chi connectivity index (χ2n) is 4.72. The summed E-state index contributed by atoms with van der Waals surface area (Å²) in [4.78, 5) is 13.4. The number of rotatable bonds is 6. The van der Waals surface area contributed by atoms with Gasteiger partial charge in [0, 0.05) is 28.6 Å². The van der Waals surface area contributed by atoms with Crippen LogP contribution in [0.1, 0.15) is 13.8 Å². The highest BCUT2D eigenvalue weighted by Crippen LogP contribution is 2.31. The molecule has 0 saturated carbocycles. The monoisotopic (exact) mass is 288 g/mol. The van der Waals surface area contributed by atoms with Crippen molar-refractivity contribution >= 4 is 22.9 Å². The van der Waals surface area contributed by atoms with Crippen molar-refractivity contribution in [3.63, 3.8) is 0 Å². The molecule has 1 heterocycles. The van der Waals surface area contributed by atoms with Crippen LogP contribution in [0.3, 0.4) is 0 Å². The normalized spacial score (nSPS) is 12.1. The van der Waals surface area contributed by atoms with E-state index >= 15 is 0 Å². The summed E-state index contributed by atoms with van der Waals surface area (Å²) in [7, 11) is 0.